The Morgan fingerprint density at radius 1 is 1.29 bits per heavy atom. The molecule has 0 aromatic carbocycles. The smallest absolute Gasteiger partial charge is 0.226 e. The summed E-state index contributed by atoms with van der Waals surface area (Å²) in [6.45, 7) is 10.6. The minimum atomic E-state index is -0.118. The fourth-order valence-corrected chi connectivity index (χ4v) is 2.50. The van der Waals surface area contributed by atoms with Gasteiger partial charge in [0.15, 0.2) is 0 Å². The van der Waals surface area contributed by atoms with Gasteiger partial charge in [0.2, 0.25) is 5.91 Å². The van der Waals surface area contributed by atoms with Gasteiger partial charge in [0.05, 0.1) is 5.41 Å². The highest BCUT2D eigenvalue weighted by Gasteiger charge is 2.38. The summed E-state index contributed by atoms with van der Waals surface area (Å²) in [5, 5.41) is 6.56. The first kappa shape index (κ1) is 14.5. The summed E-state index contributed by atoms with van der Waals surface area (Å²) in [5.41, 5.74) is -0.118. The number of rotatable bonds is 5. The van der Waals surface area contributed by atoms with Crippen molar-refractivity contribution in [2.45, 2.75) is 59.4 Å². The van der Waals surface area contributed by atoms with Crippen LogP contribution >= 0.6 is 0 Å². The van der Waals surface area contributed by atoms with Crippen molar-refractivity contribution in [1.29, 1.82) is 0 Å². The minimum absolute atomic E-state index is 0.118. The number of hydrogen-bond donors (Lipinski definition) is 2. The molecule has 0 aromatic rings. The average Bonchev–Trinajstić information content (AvgIpc) is 2.38. The molecule has 0 bridgehead atoms. The van der Waals surface area contributed by atoms with E-state index < -0.39 is 0 Å². The first-order valence-corrected chi connectivity index (χ1v) is 7.07. The molecule has 2 atom stereocenters. The molecule has 1 saturated heterocycles. The third kappa shape index (κ3) is 3.44. The van der Waals surface area contributed by atoms with Crippen molar-refractivity contribution in [1.82, 2.24) is 10.6 Å². The van der Waals surface area contributed by atoms with E-state index in [1.165, 1.54) is 0 Å². The Hall–Kier alpha value is -0.570. The van der Waals surface area contributed by atoms with Crippen LogP contribution in [0.15, 0.2) is 0 Å². The van der Waals surface area contributed by atoms with E-state index >= 15 is 0 Å². The average molecular weight is 240 g/mol. The van der Waals surface area contributed by atoms with E-state index in [-0.39, 0.29) is 17.4 Å². The molecule has 3 nitrogen and oxygen atoms in total. The molecule has 100 valence electrons. The molecular weight excluding hydrogens is 212 g/mol. The Morgan fingerprint density at radius 2 is 1.88 bits per heavy atom. The second-order valence-electron chi connectivity index (χ2n) is 5.53. The summed E-state index contributed by atoms with van der Waals surface area (Å²) in [7, 11) is 0. The Labute approximate surface area is 106 Å². The Morgan fingerprint density at radius 3 is 2.35 bits per heavy atom. The third-order valence-electron chi connectivity index (χ3n) is 4.58. The zero-order valence-corrected chi connectivity index (χ0v) is 11.8. The largest absolute Gasteiger partial charge is 0.353 e. The maximum Gasteiger partial charge on any atom is 0.226 e. The van der Waals surface area contributed by atoms with E-state index in [4.69, 9.17) is 0 Å². The van der Waals surface area contributed by atoms with Crippen LogP contribution in [-0.2, 0) is 4.79 Å². The summed E-state index contributed by atoms with van der Waals surface area (Å²) >= 11 is 0. The molecule has 3 heteroatoms. The predicted molar refractivity (Wildman–Crippen MR) is 71.9 cm³/mol. The molecule has 1 fully saturated rings. The van der Waals surface area contributed by atoms with E-state index in [0.717, 1.165) is 38.8 Å². The number of carbonyl (C=O) groups is 1. The van der Waals surface area contributed by atoms with E-state index in [1.807, 2.05) is 0 Å². The summed E-state index contributed by atoms with van der Waals surface area (Å²) < 4.78 is 0. The van der Waals surface area contributed by atoms with E-state index in [0.29, 0.717) is 5.92 Å². The summed E-state index contributed by atoms with van der Waals surface area (Å²) in [4.78, 5) is 12.4. The van der Waals surface area contributed by atoms with E-state index in [9.17, 15) is 4.79 Å². The van der Waals surface area contributed by atoms with Gasteiger partial charge < -0.3 is 10.6 Å². The molecule has 1 aliphatic rings. The zero-order chi connectivity index (χ0) is 12.9. The molecule has 0 aliphatic carbocycles. The first-order chi connectivity index (χ1) is 8.05. The van der Waals surface area contributed by atoms with Crippen LogP contribution in [-0.4, -0.2) is 25.0 Å². The Bertz CT molecular complexity index is 247. The number of amides is 1. The molecular formula is C14H28N2O. The van der Waals surface area contributed by atoms with Crippen molar-refractivity contribution in [3.05, 3.63) is 0 Å². The van der Waals surface area contributed by atoms with Gasteiger partial charge in [-0.15, -0.1) is 0 Å². The van der Waals surface area contributed by atoms with Gasteiger partial charge in [0, 0.05) is 6.04 Å². The second kappa shape index (κ2) is 6.39. The molecule has 17 heavy (non-hydrogen) atoms. The zero-order valence-electron chi connectivity index (χ0n) is 11.8. The Balaban J connectivity index is 2.60. The lowest BCUT2D eigenvalue weighted by atomic mass is 9.75. The second-order valence-corrected chi connectivity index (χ2v) is 5.53. The summed E-state index contributed by atoms with van der Waals surface area (Å²) in [6.07, 6.45) is 4.01. The van der Waals surface area contributed by atoms with Crippen molar-refractivity contribution < 1.29 is 4.79 Å². The highest BCUT2D eigenvalue weighted by atomic mass is 16.2. The maximum atomic E-state index is 12.4. The van der Waals surface area contributed by atoms with E-state index in [1.54, 1.807) is 0 Å². The molecule has 0 aromatic heterocycles. The molecule has 0 radical (unpaired) electrons. The van der Waals surface area contributed by atoms with Crippen LogP contribution in [0.5, 0.6) is 0 Å². The normalized spacial score (nSPS) is 22.8. The molecule has 0 spiro atoms. The van der Waals surface area contributed by atoms with Gasteiger partial charge in [-0.3, -0.25) is 4.79 Å². The molecule has 1 aliphatic heterocycles. The van der Waals surface area contributed by atoms with Crippen molar-refractivity contribution in [3.63, 3.8) is 0 Å². The molecule has 1 amide bonds. The van der Waals surface area contributed by atoms with Crippen LogP contribution in [0.25, 0.3) is 0 Å². The first-order valence-electron chi connectivity index (χ1n) is 7.07. The molecule has 2 N–H and O–H groups in total. The fraction of sp³-hybridized carbons (Fsp3) is 0.929. The van der Waals surface area contributed by atoms with Gasteiger partial charge >= 0.3 is 0 Å². The van der Waals surface area contributed by atoms with Gasteiger partial charge in [-0.2, -0.15) is 0 Å². The molecule has 2 unspecified atom stereocenters. The van der Waals surface area contributed by atoms with Crippen LogP contribution in [0.3, 0.4) is 0 Å². The number of carbonyl (C=O) groups excluding carboxylic acids is 1. The quantitative estimate of drug-likeness (QED) is 0.774. The fourth-order valence-electron chi connectivity index (χ4n) is 2.50. The van der Waals surface area contributed by atoms with Crippen LogP contribution in [0.2, 0.25) is 0 Å². The third-order valence-corrected chi connectivity index (χ3v) is 4.58. The molecule has 1 heterocycles. The van der Waals surface area contributed by atoms with Crippen molar-refractivity contribution in [2.24, 2.45) is 11.3 Å². The summed E-state index contributed by atoms with van der Waals surface area (Å²) in [6, 6.07) is 0.283. The monoisotopic (exact) mass is 240 g/mol. The van der Waals surface area contributed by atoms with Crippen LogP contribution < -0.4 is 10.6 Å². The minimum Gasteiger partial charge on any atom is -0.353 e. The number of nitrogens with one attached hydrogen (secondary N) is 2. The topological polar surface area (TPSA) is 41.1 Å². The van der Waals surface area contributed by atoms with Crippen LogP contribution in [0, 0.1) is 11.3 Å². The van der Waals surface area contributed by atoms with Gasteiger partial charge in [0.25, 0.3) is 0 Å². The highest BCUT2D eigenvalue weighted by Crippen LogP contribution is 2.33. The lowest BCUT2D eigenvalue weighted by molar-refractivity contribution is -0.133. The van der Waals surface area contributed by atoms with Crippen molar-refractivity contribution in [3.8, 4) is 0 Å². The van der Waals surface area contributed by atoms with Gasteiger partial charge in [-0.25, -0.2) is 0 Å². The Kier molecular flexibility index (Phi) is 5.44. The SMILES string of the molecule is CCC(C)C(C)NC(=O)C1(CC)CCNCC1. The standard InChI is InChI=1S/C14H28N2O/c1-5-11(3)12(4)16-13(17)14(6-2)7-9-15-10-8-14/h11-12,15H,5-10H2,1-4H3,(H,16,17). The van der Waals surface area contributed by atoms with Crippen molar-refractivity contribution in [2.75, 3.05) is 13.1 Å². The summed E-state index contributed by atoms with van der Waals surface area (Å²) in [5.74, 6) is 0.823. The maximum absolute atomic E-state index is 12.4. The van der Waals surface area contributed by atoms with E-state index in [2.05, 4.69) is 38.3 Å². The van der Waals surface area contributed by atoms with Crippen LogP contribution in [0.1, 0.15) is 53.4 Å². The highest BCUT2D eigenvalue weighted by molar-refractivity contribution is 5.83. The number of piperidine rings is 1. The molecule has 1 rings (SSSR count). The van der Waals surface area contributed by atoms with Crippen LogP contribution in [0.4, 0.5) is 0 Å². The van der Waals surface area contributed by atoms with Gasteiger partial charge in [-0.05, 0) is 45.2 Å². The van der Waals surface area contributed by atoms with Crippen molar-refractivity contribution >= 4 is 5.91 Å². The lowest BCUT2D eigenvalue weighted by Gasteiger charge is -2.37. The lowest BCUT2D eigenvalue weighted by Crippen LogP contribution is -2.50. The van der Waals surface area contributed by atoms with Gasteiger partial charge in [-0.1, -0.05) is 27.2 Å². The molecule has 0 saturated carbocycles. The number of hydrogen-bond acceptors (Lipinski definition) is 2. The van der Waals surface area contributed by atoms with Gasteiger partial charge in [0.1, 0.15) is 0 Å². The predicted octanol–water partition coefficient (Wildman–Crippen LogP) is 2.32.